The molecule has 0 aromatic heterocycles. The lowest BCUT2D eigenvalue weighted by Crippen LogP contribution is -2.14. The molecule has 0 atom stereocenters. The number of carbonyl (C=O) groups is 1. The zero-order chi connectivity index (χ0) is 14.5. The first-order valence-corrected chi connectivity index (χ1v) is 6.55. The molecule has 0 bridgehead atoms. The third-order valence-corrected chi connectivity index (χ3v) is 2.97. The third kappa shape index (κ3) is 3.35. The topological polar surface area (TPSA) is 55.1 Å². The maximum Gasteiger partial charge on any atom is 0.255 e. The van der Waals surface area contributed by atoms with Crippen LogP contribution in [0.2, 0.25) is 0 Å². The smallest absolute Gasteiger partial charge is 0.255 e. The molecule has 2 aromatic rings. The molecule has 0 spiro atoms. The van der Waals surface area contributed by atoms with Crippen LogP contribution in [0.5, 0.6) is 0 Å². The van der Waals surface area contributed by atoms with Crippen molar-refractivity contribution in [1.29, 1.82) is 0 Å². The number of rotatable bonds is 4. The Morgan fingerprint density at radius 2 is 2.00 bits per heavy atom. The van der Waals surface area contributed by atoms with Crippen molar-refractivity contribution in [2.75, 3.05) is 11.1 Å². The van der Waals surface area contributed by atoms with Gasteiger partial charge < -0.3 is 11.1 Å². The van der Waals surface area contributed by atoms with Crippen molar-refractivity contribution < 1.29 is 9.18 Å². The van der Waals surface area contributed by atoms with Crippen LogP contribution in [0.1, 0.15) is 29.3 Å². The minimum atomic E-state index is -0.517. The summed E-state index contributed by atoms with van der Waals surface area (Å²) in [5.41, 5.74) is 7.81. The number of carbonyl (C=O) groups excluding carboxylic acids is 1. The fraction of sp³-hybridized carbons (Fsp3) is 0.188. The number of nitrogen functional groups attached to an aromatic ring is 1. The summed E-state index contributed by atoms with van der Waals surface area (Å²) in [6, 6.07) is 11.4. The Morgan fingerprint density at radius 3 is 2.70 bits per heavy atom. The first-order valence-electron chi connectivity index (χ1n) is 6.55. The Labute approximate surface area is 117 Å². The predicted octanol–water partition coefficient (Wildman–Crippen LogP) is 3.61. The van der Waals surface area contributed by atoms with E-state index in [-0.39, 0.29) is 17.2 Å². The maximum atomic E-state index is 13.3. The summed E-state index contributed by atoms with van der Waals surface area (Å²) >= 11 is 0. The number of nitrogens with two attached hydrogens (primary N) is 1. The molecule has 0 aliphatic rings. The molecule has 20 heavy (non-hydrogen) atoms. The van der Waals surface area contributed by atoms with Crippen molar-refractivity contribution in [3.63, 3.8) is 0 Å². The van der Waals surface area contributed by atoms with Crippen molar-refractivity contribution in [2.24, 2.45) is 0 Å². The summed E-state index contributed by atoms with van der Waals surface area (Å²) in [5, 5.41) is 2.80. The van der Waals surface area contributed by atoms with Gasteiger partial charge in [0, 0.05) is 16.9 Å². The van der Waals surface area contributed by atoms with Gasteiger partial charge in [0.05, 0.1) is 0 Å². The summed E-state index contributed by atoms with van der Waals surface area (Å²) in [4.78, 5) is 12.1. The lowest BCUT2D eigenvalue weighted by atomic mass is 10.1. The lowest BCUT2D eigenvalue weighted by Gasteiger charge is -2.10. The number of nitrogens with one attached hydrogen (secondary N) is 1. The van der Waals surface area contributed by atoms with E-state index < -0.39 is 5.82 Å². The van der Waals surface area contributed by atoms with E-state index in [1.54, 1.807) is 0 Å². The highest BCUT2D eigenvalue weighted by Gasteiger charge is 2.10. The first kappa shape index (κ1) is 14.1. The van der Waals surface area contributed by atoms with Gasteiger partial charge in [0.15, 0.2) is 0 Å². The zero-order valence-corrected chi connectivity index (χ0v) is 11.3. The van der Waals surface area contributed by atoms with Gasteiger partial charge in [-0.3, -0.25) is 4.79 Å². The molecule has 1 amide bonds. The number of aryl methyl sites for hydroxylation is 1. The van der Waals surface area contributed by atoms with E-state index in [0.29, 0.717) is 0 Å². The minimum Gasteiger partial charge on any atom is -0.399 e. The molecule has 3 nitrogen and oxygen atoms in total. The van der Waals surface area contributed by atoms with Gasteiger partial charge in [-0.2, -0.15) is 0 Å². The van der Waals surface area contributed by atoms with E-state index in [0.717, 1.165) is 24.1 Å². The molecule has 3 N–H and O–H groups in total. The number of hydrogen-bond acceptors (Lipinski definition) is 2. The van der Waals surface area contributed by atoms with Crippen LogP contribution in [0.4, 0.5) is 15.8 Å². The van der Waals surface area contributed by atoms with E-state index in [4.69, 9.17) is 5.73 Å². The molecule has 0 aliphatic heterocycles. The standard InChI is InChI=1S/C16H17FN2O/c1-2-5-11-6-3-4-7-15(11)19-16(20)12-8-13(17)10-14(18)9-12/h3-4,6-10H,2,5,18H2,1H3,(H,19,20). The Bertz CT molecular complexity index is 605. The summed E-state index contributed by atoms with van der Waals surface area (Å²) in [5.74, 6) is -0.878. The van der Waals surface area contributed by atoms with Crippen molar-refractivity contribution >= 4 is 17.3 Å². The molecule has 104 valence electrons. The Morgan fingerprint density at radius 1 is 1.25 bits per heavy atom. The third-order valence-electron chi connectivity index (χ3n) is 2.97. The average Bonchev–Trinajstić information content (AvgIpc) is 2.40. The second-order valence-electron chi connectivity index (χ2n) is 4.63. The Hall–Kier alpha value is -2.36. The van der Waals surface area contributed by atoms with E-state index in [2.05, 4.69) is 12.2 Å². The normalized spacial score (nSPS) is 10.3. The van der Waals surface area contributed by atoms with Crippen molar-refractivity contribution in [1.82, 2.24) is 0 Å². The SMILES string of the molecule is CCCc1ccccc1NC(=O)c1cc(N)cc(F)c1. The quantitative estimate of drug-likeness (QED) is 0.835. The van der Waals surface area contributed by atoms with E-state index in [9.17, 15) is 9.18 Å². The van der Waals surface area contributed by atoms with Crippen molar-refractivity contribution in [3.05, 3.63) is 59.4 Å². The molecule has 0 heterocycles. The van der Waals surface area contributed by atoms with Gasteiger partial charge >= 0.3 is 0 Å². The molecular formula is C16H17FN2O. The number of anilines is 2. The van der Waals surface area contributed by atoms with Crippen LogP contribution in [0.15, 0.2) is 42.5 Å². The van der Waals surface area contributed by atoms with Crippen molar-refractivity contribution in [2.45, 2.75) is 19.8 Å². The first-order chi connectivity index (χ1) is 9.60. The summed E-state index contributed by atoms with van der Waals surface area (Å²) in [6.45, 7) is 2.08. The number of hydrogen-bond donors (Lipinski definition) is 2. The molecule has 0 saturated heterocycles. The number of para-hydroxylation sites is 1. The second kappa shape index (κ2) is 6.19. The largest absolute Gasteiger partial charge is 0.399 e. The van der Waals surface area contributed by atoms with Gasteiger partial charge in [-0.05, 0) is 36.2 Å². The molecule has 0 fully saturated rings. The number of amides is 1. The minimum absolute atomic E-state index is 0.216. The van der Waals surface area contributed by atoms with Crippen LogP contribution in [0.25, 0.3) is 0 Å². The van der Waals surface area contributed by atoms with E-state index in [1.807, 2.05) is 24.3 Å². The molecular weight excluding hydrogens is 255 g/mol. The average molecular weight is 272 g/mol. The summed E-state index contributed by atoms with van der Waals surface area (Å²) in [7, 11) is 0. The highest BCUT2D eigenvalue weighted by Crippen LogP contribution is 2.19. The Balaban J connectivity index is 2.23. The van der Waals surface area contributed by atoms with Crippen LogP contribution in [-0.4, -0.2) is 5.91 Å². The highest BCUT2D eigenvalue weighted by molar-refractivity contribution is 6.05. The van der Waals surface area contributed by atoms with E-state index in [1.165, 1.54) is 18.2 Å². The fourth-order valence-electron chi connectivity index (χ4n) is 2.07. The van der Waals surface area contributed by atoms with Gasteiger partial charge in [0.2, 0.25) is 0 Å². The monoisotopic (exact) mass is 272 g/mol. The molecule has 0 unspecified atom stereocenters. The summed E-state index contributed by atoms with van der Waals surface area (Å²) in [6.07, 6.45) is 1.86. The van der Waals surface area contributed by atoms with Gasteiger partial charge in [-0.1, -0.05) is 31.5 Å². The van der Waals surface area contributed by atoms with E-state index >= 15 is 0 Å². The summed E-state index contributed by atoms with van der Waals surface area (Å²) < 4.78 is 13.3. The highest BCUT2D eigenvalue weighted by atomic mass is 19.1. The molecule has 0 aliphatic carbocycles. The Kier molecular flexibility index (Phi) is 4.35. The van der Waals surface area contributed by atoms with Gasteiger partial charge in [0.25, 0.3) is 5.91 Å². The molecule has 2 rings (SSSR count). The molecule has 0 radical (unpaired) electrons. The zero-order valence-electron chi connectivity index (χ0n) is 11.3. The van der Waals surface area contributed by atoms with Crippen molar-refractivity contribution in [3.8, 4) is 0 Å². The maximum absolute atomic E-state index is 13.3. The van der Waals surface area contributed by atoms with Gasteiger partial charge in [0.1, 0.15) is 5.82 Å². The van der Waals surface area contributed by atoms with Crippen LogP contribution < -0.4 is 11.1 Å². The van der Waals surface area contributed by atoms with Gasteiger partial charge in [-0.25, -0.2) is 4.39 Å². The van der Waals surface area contributed by atoms with Crippen LogP contribution in [-0.2, 0) is 6.42 Å². The fourth-order valence-corrected chi connectivity index (χ4v) is 2.07. The van der Waals surface area contributed by atoms with Gasteiger partial charge in [-0.15, -0.1) is 0 Å². The van der Waals surface area contributed by atoms with Crippen LogP contribution >= 0.6 is 0 Å². The predicted molar refractivity (Wildman–Crippen MR) is 79.2 cm³/mol. The second-order valence-corrected chi connectivity index (χ2v) is 4.63. The van der Waals surface area contributed by atoms with Crippen LogP contribution in [0, 0.1) is 5.82 Å². The molecule has 2 aromatic carbocycles. The number of halogens is 1. The molecule has 0 saturated carbocycles. The molecule has 4 heteroatoms. The number of benzene rings is 2. The lowest BCUT2D eigenvalue weighted by molar-refractivity contribution is 0.102. The van der Waals surface area contributed by atoms with Crippen LogP contribution in [0.3, 0.4) is 0 Å².